The van der Waals surface area contributed by atoms with Gasteiger partial charge in [0.25, 0.3) is 6.71 Å². The lowest BCUT2D eigenvalue weighted by Crippen LogP contribution is -2.61. The van der Waals surface area contributed by atoms with E-state index in [1.165, 1.54) is 22.1 Å². The number of rotatable bonds is 5. The Kier molecular flexibility index (Phi) is 6.24. The highest BCUT2D eigenvalue weighted by molar-refractivity contribution is 7.01. The summed E-state index contributed by atoms with van der Waals surface area (Å²) in [6.45, 7) is -0.0317. The normalized spacial score (nSPS) is 12.8. The maximum absolute atomic E-state index is 6.91. The van der Waals surface area contributed by atoms with E-state index in [-0.39, 0.29) is 6.71 Å². The molecule has 3 heterocycles. The molecule has 4 nitrogen and oxygen atoms in total. The Bertz CT molecular complexity index is 2420. The fraction of sp³-hybridized carbons (Fsp3) is 0. The van der Waals surface area contributed by atoms with Crippen molar-refractivity contribution < 1.29 is 4.42 Å². The number of fused-ring (bicyclic) bond motifs is 6. The van der Waals surface area contributed by atoms with Crippen LogP contribution in [0.5, 0.6) is 0 Å². The summed E-state index contributed by atoms with van der Waals surface area (Å²) >= 11 is 0. The monoisotopic (exact) mass is 627 g/mol. The van der Waals surface area contributed by atoms with Crippen molar-refractivity contribution in [3.63, 3.8) is 0 Å². The van der Waals surface area contributed by atoms with Crippen LogP contribution in [0, 0.1) is 0 Å². The summed E-state index contributed by atoms with van der Waals surface area (Å²) in [4.78, 5) is 7.13. The quantitative estimate of drug-likeness (QED) is 0.177. The second-order valence-corrected chi connectivity index (χ2v) is 12.6. The molecule has 0 fully saturated rings. The molecule has 1 aromatic heterocycles. The Morgan fingerprint density at radius 1 is 0.429 bits per heavy atom. The van der Waals surface area contributed by atoms with Crippen LogP contribution in [0.3, 0.4) is 0 Å². The molecule has 0 radical (unpaired) electrons. The Morgan fingerprint density at radius 3 is 1.59 bits per heavy atom. The van der Waals surface area contributed by atoms with Crippen LogP contribution < -0.4 is 31.1 Å². The first kappa shape index (κ1) is 27.6. The summed E-state index contributed by atoms with van der Waals surface area (Å²) in [5, 5.41) is 1.14. The van der Waals surface area contributed by atoms with Gasteiger partial charge in [0.1, 0.15) is 5.58 Å². The maximum atomic E-state index is 6.91. The van der Waals surface area contributed by atoms with E-state index in [0.717, 1.165) is 56.7 Å². The van der Waals surface area contributed by atoms with Crippen LogP contribution in [0.15, 0.2) is 186 Å². The van der Waals surface area contributed by atoms with E-state index in [0.29, 0.717) is 0 Å². The minimum Gasteiger partial charge on any atom is -0.440 e. The zero-order valence-electron chi connectivity index (χ0n) is 26.6. The summed E-state index contributed by atoms with van der Waals surface area (Å²) in [6.07, 6.45) is 0. The summed E-state index contributed by atoms with van der Waals surface area (Å²) in [6, 6.07) is 64.7. The van der Waals surface area contributed by atoms with Gasteiger partial charge in [0.15, 0.2) is 0 Å². The van der Waals surface area contributed by atoms with Gasteiger partial charge in [-0.15, -0.1) is 0 Å². The molecule has 5 heteroatoms. The fourth-order valence-electron chi connectivity index (χ4n) is 7.82. The standard InChI is InChI=1S/C44H30BN3O/c1-5-17-31(18-6-1)46(32-19-7-2-8-20-32)35-29-39-43-40(30-35)48(34-23-11-4-12-24-34)44-42(36-25-13-16-28-41(36)49-44)45(43)37-26-14-15-27-38(37)47(39)33-21-9-3-10-22-33/h1-30H. The molecule has 230 valence electrons. The first-order valence-corrected chi connectivity index (χ1v) is 16.7. The van der Waals surface area contributed by atoms with Crippen LogP contribution >= 0.6 is 0 Å². The summed E-state index contributed by atoms with van der Waals surface area (Å²) in [7, 11) is 0. The van der Waals surface area contributed by atoms with E-state index in [1.54, 1.807) is 0 Å². The zero-order chi connectivity index (χ0) is 32.3. The van der Waals surface area contributed by atoms with Crippen molar-refractivity contribution in [2.75, 3.05) is 14.7 Å². The van der Waals surface area contributed by atoms with Crippen LogP contribution in [0.1, 0.15) is 0 Å². The van der Waals surface area contributed by atoms with Crippen molar-refractivity contribution in [1.82, 2.24) is 0 Å². The maximum Gasteiger partial charge on any atom is 0.257 e. The van der Waals surface area contributed by atoms with Crippen LogP contribution in [0.2, 0.25) is 0 Å². The smallest absolute Gasteiger partial charge is 0.257 e. The van der Waals surface area contributed by atoms with Crippen molar-refractivity contribution >= 4 is 85.5 Å². The molecule has 49 heavy (non-hydrogen) atoms. The van der Waals surface area contributed by atoms with Crippen LogP contribution in [-0.2, 0) is 0 Å². The second-order valence-electron chi connectivity index (χ2n) is 12.6. The number of nitrogens with zero attached hydrogens (tertiary/aromatic N) is 3. The highest BCUT2D eigenvalue weighted by atomic mass is 16.4. The topological polar surface area (TPSA) is 22.9 Å². The van der Waals surface area contributed by atoms with Crippen molar-refractivity contribution in [3.8, 4) is 0 Å². The first-order valence-electron chi connectivity index (χ1n) is 16.7. The Morgan fingerprint density at radius 2 is 0.939 bits per heavy atom. The van der Waals surface area contributed by atoms with E-state index in [2.05, 4.69) is 197 Å². The van der Waals surface area contributed by atoms with Gasteiger partial charge in [-0.2, -0.15) is 0 Å². The predicted octanol–water partition coefficient (Wildman–Crippen LogP) is 9.99. The first-order chi connectivity index (χ1) is 24.3. The third kappa shape index (κ3) is 4.26. The van der Waals surface area contributed by atoms with Gasteiger partial charge < -0.3 is 14.2 Å². The number of benzene rings is 7. The summed E-state index contributed by atoms with van der Waals surface area (Å²) in [5.41, 5.74) is 13.4. The van der Waals surface area contributed by atoms with Crippen LogP contribution in [-0.4, -0.2) is 6.71 Å². The van der Waals surface area contributed by atoms with Crippen LogP contribution in [0.4, 0.5) is 51.4 Å². The van der Waals surface area contributed by atoms with Gasteiger partial charge in [-0.05, 0) is 83.7 Å². The number of para-hydroxylation sites is 6. The molecule has 0 spiro atoms. The Balaban J connectivity index is 1.36. The van der Waals surface area contributed by atoms with Gasteiger partial charge in [0.2, 0.25) is 5.88 Å². The molecule has 0 atom stereocenters. The molecule has 7 aromatic carbocycles. The molecule has 10 rings (SSSR count). The molecule has 0 N–H and O–H groups in total. The summed E-state index contributed by atoms with van der Waals surface area (Å²) in [5.74, 6) is 0.863. The van der Waals surface area contributed by atoms with E-state index in [4.69, 9.17) is 4.42 Å². The number of anilines is 9. The third-order valence-corrected chi connectivity index (χ3v) is 9.80. The predicted molar refractivity (Wildman–Crippen MR) is 205 cm³/mol. The van der Waals surface area contributed by atoms with E-state index in [1.807, 2.05) is 0 Å². The van der Waals surface area contributed by atoms with Gasteiger partial charge in [-0.1, -0.05) is 109 Å². The molecule has 0 bridgehead atoms. The Labute approximate surface area is 285 Å². The van der Waals surface area contributed by atoms with Crippen molar-refractivity contribution in [2.45, 2.75) is 0 Å². The molecule has 0 unspecified atom stereocenters. The Hall–Kier alpha value is -6.46. The van der Waals surface area contributed by atoms with E-state index in [9.17, 15) is 0 Å². The lowest BCUT2D eigenvalue weighted by Gasteiger charge is -2.43. The molecule has 2 aliphatic rings. The molecule has 0 aliphatic carbocycles. The minimum atomic E-state index is -0.0317. The van der Waals surface area contributed by atoms with Gasteiger partial charge >= 0.3 is 0 Å². The highest BCUT2D eigenvalue weighted by Crippen LogP contribution is 2.48. The number of furan rings is 1. The van der Waals surface area contributed by atoms with Gasteiger partial charge in [0, 0.05) is 50.7 Å². The average Bonchev–Trinajstić information content (AvgIpc) is 3.55. The van der Waals surface area contributed by atoms with Crippen molar-refractivity contribution in [1.29, 1.82) is 0 Å². The number of hydrogen-bond donors (Lipinski definition) is 0. The molecule has 0 saturated heterocycles. The second kappa shape index (κ2) is 11.1. The van der Waals surface area contributed by atoms with Crippen LogP contribution in [0.25, 0.3) is 11.0 Å². The molecule has 0 amide bonds. The van der Waals surface area contributed by atoms with Crippen molar-refractivity contribution in [2.24, 2.45) is 0 Å². The molecule has 2 aliphatic heterocycles. The average molecular weight is 628 g/mol. The fourth-order valence-corrected chi connectivity index (χ4v) is 7.82. The van der Waals surface area contributed by atoms with E-state index < -0.39 is 0 Å². The minimum absolute atomic E-state index is 0.0317. The third-order valence-electron chi connectivity index (χ3n) is 9.80. The van der Waals surface area contributed by atoms with Gasteiger partial charge in [-0.25, -0.2) is 0 Å². The zero-order valence-corrected chi connectivity index (χ0v) is 26.6. The molecule has 0 saturated carbocycles. The van der Waals surface area contributed by atoms with Crippen molar-refractivity contribution in [3.05, 3.63) is 182 Å². The SMILES string of the molecule is c1ccc(N(c2ccccc2)c2cc3c4c(c2)N(c2ccccc2)c2oc5ccccc5c2B4c2ccccc2N3c2ccccc2)cc1. The number of hydrogen-bond acceptors (Lipinski definition) is 4. The van der Waals surface area contributed by atoms with Gasteiger partial charge in [-0.3, -0.25) is 4.90 Å². The molecular formula is C44H30BN3O. The lowest BCUT2D eigenvalue weighted by atomic mass is 9.33. The highest BCUT2D eigenvalue weighted by Gasteiger charge is 2.46. The molecular weight excluding hydrogens is 597 g/mol. The summed E-state index contributed by atoms with van der Waals surface area (Å²) < 4.78 is 6.91. The van der Waals surface area contributed by atoms with Gasteiger partial charge in [0.05, 0.1) is 5.69 Å². The largest absolute Gasteiger partial charge is 0.440 e. The van der Waals surface area contributed by atoms with E-state index >= 15 is 0 Å². The molecule has 8 aromatic rings. The lowest BCUT2D eigenvalue weighted by molar-refractivity contribution is 0.623.